The number of aromatic amines is 1. The summed E-state index contributed by atoms with van der Waals surface area (Å²) in [5.41, 5.74) is -1.30. The van der Waals surface area contributed by atoms with Crippen LogP contribution >= 0.6 is 0 Å². The quantitative estimate of drug-likeness (QED) is 0.846. The molecule has 0 unspecified atom stereocenters. The van der Waals surface area contributed by atoms with Crippen molar-refractivity contribution in [2.75, 3.05) is 7.11 Å². The van der Waals surface area contributed by atoms with Crippen molar-refractivity contribution < 1.29 is 32.5 Å². The third-order valence-corrected chi connectivity index (χ3v) is 1.84. The van der Waals surface area contributed by atoms with Gasteiger partial charge in [-0.25, -0.2) is 0 Å². The number of rotatable bonds is 4. The van der Waals surface area contributed by atoms with E-state index in [-0.39, 0.29) is 5.75 Å². The highest BCUT2D eigenvalue weighted by molar-refractivity contribution is 5.72. The number of pyridine rings is 1. The van der Waals surface area contributed by atoms with E-state index >= 15 is 0 Å². The number of carboxylic acids is 1. The Kier molecular flexibility index (Phi) is 3.84. The van der Waals surface area contributed by atoms with E-state index in [1.54, 1.807) is 4.98 Å². The Morgan fingerprint density at radius 2 is 2.11 bits per heavy atom. The van der Waals surface area contributed by atoms with Gasteiger partial charge in [0, 0.05) is 6.07 Å². The maximum atomic E-state index is 12.1. The minimum Gasteiger partial charge on any atom is -0.496 e. The van der Waals surface area contributed by atoms with Gasteiger partial charge in [0.05, 0.1) is 19.1 Å². The Hall–Kier alpha value is -2.19. The van der Waals surface area contributed by atoms with E-state index in [4.69, 9.17) is 5.11 Å². The smallest absolute Gasteiger partial charge is 0.496 e. The zero-order valence-electron chi connectivity index (χ0n) is 9.00. The molecule has 0 fully saturated rings. The lowest BCUT2D eigenvalue weighted by Gasteiger charge is -2.14. The number of carbonyl (C=O) groups is 1. The third-order valence-electron chi connectivity index (χ3n) is 1.84. The first-order valence-electron chi connectivity index (χ1n) is 4.50. The molecule has 0 aliphatic heterocycles. The standard InChI is InChI=1S/C9H8F3NO5/c1-17-5-3-6(14)13-8(18-9(10,11)12)4(5)2-7(15)16/h3H,2H2,1H3,(H,13,14)(H,15,16). The molecular weight excluding hydrogens is 259 g/mol. The maximum absolute atomic E-state index is 12.1. The van der Waals surface area contributed by atoms with E-state index in [1.165, 1.54) is 0 Å². The van der Waals surface area contributed by atoms with E-state index in [9.17, 15) is 22.8 Å². The van der Waals surface area contributed by atoms with Crippen LogP contribution in [0.15, 0.2) is 10.9 Å². The molecule has 0 bridgehead atoms. The lowest BCUT2D eigenvalue weighted by atomic mass is 10.2. The average Bonchev–Trinajstić information content (AvgIpc) is 2.18. The van der Waals surface area contributed by atoms with Crippen molar-refractivity contribution in [2.45, 2.75) is 12.8 Å². The number of methoxy groups -OCH3 is 1. The second-order valence-corrected chi connectivity index (χ2v) is 3.13. The van der Waals surface area contributed by atoms with E-state index in [0.717, 1.165) is 13.2 Å². The van der Waals surface area contributed by atoms with Gasteiger partial charge in [-0.3, -0.25) is 14.6 Å². The first-order chi connectivity index (χ1) is 8.23. The van der Waals surface area contributed by atoms with Crippen LogP contribution in [0.25, 0.3) is 0 Å². The molecule has 1 rings (SSSR count). The predicted octanol–water partition coefficient (Wildman–Crippen LogP) is 0.909. The molecule has 1 aromatic rings. The van der Waals surface area contributed by atoms with Crippen molar-refractivity contribution in [1.82, 2.24) is 4.98 Å². The summed E-state index contributed by atoms with van der Waals surface area (Å²) in [4.78, 5) is 23.4. The molecule has 0 aliphatic carbocycles. The molecule has 100 valence electrons. The zero-order valence-corrected chi connectivity index (χ0v) is 9.00. The normalized spacial score (nSPS) is 11.1. The second kappa shape index (κ2) is 4.98. The van der Waals surface area contributed by atoms with Crippen molar-refractivity contribution in [3.05, 3.63) is 22.0 Å². The topological polar surface area (TPSA) is 88.6 Å². The van der Waals surface area contributed by atoms with Gasteiger partial charge in [0.15, 0.2) is 0 Å². The van der Waals surface area contributed by atoms with E-state index in [2.05, 4.69) is 9.47 Å². The van der Waals surface area contributed by atoms with Gasteiger partial charge in [-0.15, -0.1) is 13.2 Å². The number of carboxylic acid groups (broad SMARTS) is 1. The van der Waals surface area contributed by atoms with Gasteiger partial charge in [0.25, 0.3) is 5.56 Å². The SMILES string of the molecule is COc1cc(=O)[nH]c(OC(F)(F)F)c1CC(=O)O. The van der Waals surface area contributed by atoms with E-state index < -0.39 is 35.8 Å². The van der Waals surface area contributed by atoms with Crippen molar-refractivity contribution >= 4 is 5.97 Å². The van der Waals surface area contributed by atoms with Crippen LogP contribution in [0, 0.1) is 0 Å². The molecule has 18 heavy (non-hydrogen) atoms. The minimum absolute atomic E-state index is 0.291. The van der Waals surface area contributed by atoms with Gasteiger partial charge >= 0.3 is 12.3 Å². The number of halogens is 3. The highest BCUT2D eigenvalue weighted by Gasteiger charge is 2.33. The fourth-order valence-corrected chi connectivity index (χ4v) is 1.25. The van der Waals surface area contributed by atoms with Gasteiger partial charge in [0.1, 0.15) is 5.75 Å². The molecule has 2 N–H and O–H groups in total. The van der Waals surface area contributed by atoms with Crippen molar-refractivity contribution in [1.29, 1.82) is 0 Å². The maximum Gasteiger partial charge on any atom is 0.574 e. The second-order valence-electron chi connectivity index (χ2n) is 3.13. The summed E-state index contributed by atoms with van der Waals surface area (Å²) in [7, 11) is 1.09. The molecule has 1 aromatic heterocycles. The summed E-state index contributed by atoms with van der Waals surface area (Å²) in [6.45, 7) is 0. The minimum atomic E-state index is -5.05. The fourth-order valence-electron chi connectivity index (χ4n) is 1.25. The molecule has 1 heterocycles. The molecule has 0 atom stereocenters. The Bertz CT molecular complexity index is 508. The van der Waals surface area contributed by atoms with Crippen LogP contribution in [0.5, 0.6) is 11.6 Å². The van der Waals surface area contributed by atoms with Crippen LogP contribution in [-0.2, 0) is 11.2 Å². The van der Waals surface area contributed by atoms with Gasteiger partial charge in [-0.1, -0.05) is 0 Å². The Balaban J connectivity index is 3.32. The van der Waals surface area contributed by atoms with Crippen LogP contribution in [0.4, 0.5) is 13.2 Å². The summed E-state index contributed by atoms with van der Waals surface area (Å²) in [6, 6.07) is 0.835. The molecule has 0 radical (unpaired) electrons. The highest BCUT2D eigenvalue weighted by Crippen LogP contribution is 2.29. The van der Waals surface area contributed by atoms with Crippen LogP contribution in [0.1, 0.15) is 5.56 Å². The molecule has 0 spiro atoms. The Labute approximate surface area is 98.0 Å². The summed E-state index contributed by atoms with van der Waals surface area (Å²) in [5, 5.41) is 8.59. The van der Waals surface area contributed by atoms with Crippen LogP contribution < -0.4 is 15.0 Å². The number of hydrogen-bond acceptors (Lipinski definition) is 4. The number of ether oxygens (including phenoxy) is 2. The summed E-state index contributed by atoms with van der Waals surface area (Å²) in [6.07, 6.45) is -5.84. The van der Waals surface area contributed by atoms with E-state index in [1.807, 2.05) is 0 Å². The highest BCUT2D eigenvalue weighted by atomic mass is 19.4. The fraction of sp³-hybridized carbons (Fsp3) is 0.333. The van der Waals surface area contributed by atoms with Crippen LogP contribution in [-0.4, -0.2) is 29.5 Å². The summed E-state index contributed by atoms with van der Waals surface area (Å²) < 4.78 is 44.5. The Morgan fingerprint density at radius 3 is 2.56 bits per heavy atom. The van der Waals surface area contributed by atoms with Gasteiger partial charge in [-0.05, 0) is 0 Å². The molecule has 0 saturated carbocycles. The Morgan fingerprint density at radius 1 is 1.50 bits per heavy atom. The number of H-pyrrole nitrogens is 1. The first-order valence-corrected chi connectivity index (χ1v) is 4.50. The third kappa shape index (κ3) is 3.68. The van der Waals surface area contributed by atoms with Crippen molar-refractivity contribution in [3.63, 3.8) is 0 Å². The molecule has 6 nitrogen and oxygen atoms in total. The zero-order chi connectivity index (χ0) is 13.9. The summed E-state index contributed by atoms with van der Waals surface area (Å²) >= 11 is 0. The molecule has 0 saturated heterocycles. The van der Waals surface area contributed by atoms with Gasteiger partial charge in [0.2, 0.25) is 5.88 Å². The average molecular weight is 267 g/mol. The van der Waals surface area contributed by atoms with Crippen molar-refractivity contribution in [3.8, 4) is 11.6 Å². The number of alkyl halides is 3. The van der Waals surface area contributed by atoms with Crippen LogP contribution in [0.3, 0.4) is 0 Å². The number of hydrogen-bond donors (Lipinski definition) is 2. The molecule has 0 amide bonds. The molecule has 0 aliphatic rings. The van der Waals surface area contributed by atoms with Crippen molar-refractivity contribution in [2.24, 2.45) is 0 Å². The lowest BCUT2D eigenvalue weighted by Crippen LogP contribution is -2.22. The number of aliphatic carboxylic acids is 1. The lowest BCUT2D eigenvalue weighted by molar-refractivity contribution is -0.276. The van der Waals surface area contributed by atoms with E-state index in [0.29, 0.717) is 0 Å². The molecule has 0 aromatic carbocycles. The van der Waals surface area contributed by atoms with Crippen LogP contribution in [0.2, 0.25) is 0 Å². The number of aromatic nitrogens is 1. The van der Waals surface area contributed by atoms with Gasteiger partial charge in [-0.2, -0.15) is 0 Å². The predicted molar refractivity (Wildman–Crippen MR) is 51.6 cm³/mol. The number of nitrogens with one attached hydrogen (secondary N) is 1. The van der Waals surface area contributed by atoms with Gasteiger partial charge < -0.3 is 14.6 Å². The monoisotopic (exact) mass is 267 g/mol. The first kappa shape index (κ1) is 13.9. The largest absolute Gasteiger partial charge is 0.574 e. The summed E-state index contributed by atoms with van der Waals surface area (Å²) in [5.74, 6) is -2.68. The molecule has 9 heteroatoms. The molecular formula is C9H8F3NO5.